The largest absolute Gasteiger partial charge is 0.397 e. The standard InChI is InChI=1S/C11H19N3OS/c1-3-14(4-2)7-6-13-11(15)10-9(12)5-8-16-10/h5,8H,3-4,6-7,12H2,1-2H3,(H,13,15). The van der Waals surface area contributed by atoms with E-state index in [1.165, 1.54) is 11.3 Å². The zero-order valence-corrected chi connectivity index (χ0v) is 10.6. The van der Waals surface area contributed by atoms with Crippen molar-refractivity contribution < 1.29 is 4.79 Å². The molecule has 0 spiro atoms. The predicted molar refractivity (Wildman–Crippen MR) is 68.9 cm³/mol. The lowest BCUT2D eigenvalue weighted by Crippen LogP contribution is -2.34. The summed E-state index contributed by atoms with van der Waals surface area (Å²) in [5.74, 6) is -0.0698. The van der Waals surface area contributed by atoms with Crippen LogP contribution in [-0.2, 0) is 0 Å². The van der Waals surface area contributed by atoms with Crippen LogP contribution in [0.1, 0.15) is 23.5 Å². The molecule has 0 fully saturated rings. The first kappa shape index (κ1) is 13.0. The highest BCUT2D eigenvalue weighted by Crippen LogP contribution is 2.17. The minimum atomic E-state index is -0.0698. The van der Waals surface area contributed by atoms with Crippen LogP contribution >= 0.6 is 11.3 Å². The van der Waals surface area contributed by atoms with Crippen LogP contribution in [0.2, 0.25) is 0 Å². The summed E-state index contributed by atoms with van der Waals surface area (Å²) in [6.45, 7) is 7.79. The molecule has 0 radical (unpaired) electrons. The number of nitrogens with two attached hydrogens (primary N) is 1. The van der Waals surface area contributed by atoms with Gasteiger partial charge in [0.25, 0.3) is 5.91 Å². The molecule has 5 heteroatoms. The van der Waals surface area contributed by atoms with Gasteiger partial charge in [-0.3, -0.25) is 4.79 Å². The van der Waals surface area contributed by atoms with Crippen molar-refractivity contribution >= 4 is 22.9 Å². The summed E-state index contributed by atoms with van der Waals surface area (Å²) in [5, 5.41) is 4.70. The number of anilines is 1. The number of hydrogen-bond donors (Lipinski definition) is 2. The van der Waals surface area contributed by atoms with Crippen LogP contribution in [-0.4, -0.2) is 37.0 Å². The van der Waals surface area contributed by atoms with Crippen LogP contribution < -0.4 is 11.1 Å². The molecule has 1 aromatic rings. The van der Waals surface area contributed by atoms with Crippen LogP contribution in [0.4, 0.5) is 5.69 Å². The van der Waals surface area contributed by atoms with Crippen LogP contribution in [0.5, 0.6) is 0 Å². The average molecular weight is 241 g/mol. The summed E-state index contributed by atoms with van der Waals surface area (Å²) in [5.41, 5.74) is 6.23. The van der Waals surface area contributed by atoms with Crippen molar-refractivity contribution in [1.82, 2.24) is 10.2 Å². The molecule has 1 rings (SSSR count). The van der Waals surface area contributed by atoms with Gasteiger partial charge in [0.2, 0.25) is 0 Å². The number of likely N-dealkylation sites (N-methyl/N-ethyl adjacent to an activating group) is 1. The Hall–Kier alpha value is -1.07. The van der Waals surface area contributed by atoms with Gasteiger partial charge in [-0.25, -0.2) is 0 Å². The second kappa shape index (κ2) is 6.50. The monoisotopic (exact) mass is 241 g/mol. The molecule has 90 valence electrons. The molecule has 1 aromatic heterocycles. The number of hydrogen-bond acceptors (Lipinski definition) is 4. The van der Waals surface area contributed by atoms with Gasteiger partial charge in [-0.2, -0.15) is 0 Å². The van der Waals surface area contributed by atoms with E-state index >= 15 is 0 Å². The number of rotatable bonds is 6. The molecule has 0 atom stereocenters. The van der Waals surface area contributed by atoms with E-state index in [1.807, 2.05) is 5.38 Å². The number of carbonyl (C=O) groups excluding carboxylic acids is 1. The van der Waals surface area contributed by atoms with Crippen LogP contribution in [0.3, 0.4) is 0 Å². The Kier molecular flexibility index (Phi) is 5.28. The van der Waals surface area contributed by atoms with Gasteiger partial charge in [0.1, 0.15) is 4.88 Å². The predicted octanol–water partition coefficient (Wildman–Crippen LogP) is 1.40. The molecule has 0 aliphatic heterocycles. The summed E-state index contributed by atoms with van der Waals surface area (Å²) in [6.07, 6.45) is 0. The first-order chi connectivity index (χ1) is 7.69. The normalized spacial score (nSPS) is 10.7. The average Bonchev–Trinajstić information content (AvgIpc) is 2.70. The number of carbonyl (C=O) groups is 1. The zero-order chi connectivity index (χ0) is 12.0. The SMILES string of the molecule is CCN(CC)CCNC(=O)c1sccc1N. The van der Waals surface area contributed by atoms with Crippen molar-refractivity contribution in [3.05, 3.63) is 16.3 Å². The van der Waals surface area contributed by atoms with E-state index in [-0.39, 0.29) is 5.91 Å². The number of amides is 1. The first-order valence-corrected chi connectivity index (χ1v) is 6.40. The van der Waals surface area contributed by atoms with Crippen molar-refractivity contribution in [2.75, 3.05) is 31.9 Å². The van der Waals surface area contributed by atoms with Gasteiger partial charge in [-0.15, -0.1) is 11.3 Å². The topological polar surface area (TPSA) is 58.4 Å². The lowest BCUT2D eigenvalue weighted by atomic mass is 10.3. The number of nitrogens with one attached hydrogen (secondary N) is 1. The van der Waals surface area contributed by atoms with E-state index in [0.717, 1.165) is 19.6 Å². The fourth-order valence-electron chi connectivity index (χ4n) is 1.45. The van der Waals surface area contributed by atoms with Crippen molar-refractivity contribution in [2.45, 2.75) is 13.8 Å². The van der Waals surface area contributed by atoms with Gasteiger partial charge in [-0.1, -0.05) is 13.8 Å². The number of nitrogen functional groups attached to an aromatic ring is 1. The maximum Gasteiger partial charge on any atom is 0.263 e. The highest BCUT2D eigenvalue weighted by atomic mass is 32.1. The summed E-state index contributed by atoms with van der Waals surface area (Å²) < 4.78 is 0. The molecular weight excluding hydrogens is 222 g/mol. The maximum absolute atomic E-state index is 11.7. The zero-order valence-electron chi connectivity index (χ0n) is 9.82. The molecule has 4 nitrogen and oxygen atoms in total. The van der Waals surface area contributed by atoms with Crippen LogP contribution in [0.25, 0.3) is 0 Å². The Balaban J connectivity index is 2.34. The summed E-state index contributed by atoms with van der Waals surface area (Å²) >= 11 is 1.38. The Morgan fingerprint density at radius 3 is 2.69 bits per heavy atom. The van der Waals surface area contributed by atoms with Crippen molar-refractivity contribution in [3.8, 4) is 0 Å². The van der Waals surface area contributed by atoms with Crippen LogP contribution in [0, 0.1) is 0 Å². The molecule has 16 heavy (non-hydrogen) atoms. The lowest BCUT2D eigenvalue weighted by molar-refractivity contribution is 0.0954. The van der Waals surface area contributed by atoms with Crippen LogP contribution in [0.15, 0.2) is 11.4 Å². The third-order valence-electron chi connectivity index (χ3n) is 2.51. The fraction of sp³-hybridized carbons (Fsp3) is 0.545. The van der Waals surface area contributed by atoms with Crippen molar-refractivity contribution in [2.24, 2.45) is 0 Å². The second-order valence-electron chi connectivity index (χ2n) is 3.49. The van der Waals surface area contributed by atoms with E-state index in [2.05, 4.69) is 24.1 Å². The fourth-order valence-corrected chi connectivity index (χ4v) is 2.19. The van der Waals surface area contributed by atoms with Crippen molar-refractivity contribution in [1.29, 1.82) is 0 Å². The first-order valence-electron chi connectivity index (χ1n) is 5.52. The Bertz CT molecular complexity index is 334. The summed E-state index contributed by atoms with van der Waals surface area (Å²) in [6, 6.07) is 1.75. The van der Waals surface area contributed by atoms with Gasteiger partial charge < -0.3 is 16.0 Å². The molecule has 0 unspecified atom stereocenters. The third kappa shape index (κ3) is 3.50. The Morgan fingerprint density at radius 1 is 1.50 bits per heavy atom. The summed E-state index contributed by atoms with van der Waals surface area (Å²) in [7, 11) is 0. The Morgan fingerprint density at radius 2 is 2.19 bits per heavy atom. The molecule has 1 amide bonds. The summed E-state index contributed by atoms with van der Waals surface area (Å²) in [4.78, 5) is 14.6. The van der Waals surface area contributed by atoms with E-state index < -0.39 is 0 Å². The highest BCUT2D eigenvalue weighted by Gasteiger charge is 2.10. The molecular formula is C11H19N3OS. The quantitative estimate of drug-likeness (QED) is 0.791. The number of nitrogens with zero attached hydrogens (tertiary/aromatic N) is 1. The van der Waals surface area contributed by atoms with Gasteiger partial charge in [0.05, 0.1) is 5.69 Å². The van der Waals surface area contributed by atoms with Gasteiger partial charge >= 0.3 is 0 Å². The van der Waals surface area contributed by atoms with E-state index in [1.54, 1.807) is 6.07 Å². The molecule has 3 N–H and O–H groups in total. The third-order valence-corrected chi connectivity index (χ3v) is 3.44. The van der Waals surface area contributed by atoms with Gasteiger partial charge in [0, 0.05) is 13.1 Å². The van der Waals surface area contributed by atoms with Crippen molar-refractivity contribution in [3.63, 3.8) is 0 Å². The smallest absolute Gasteiger partial charge is 0.263 e. The molecule has 0 saturated carbocycles. The number of thiophene rings is 1. The molecule has 0 aliphatic rings. The van der Waals surface area contributed by atoms with E-state index in [4.69, 9.17) is 5.73 Å². The lowest BCUT2D eigenvalue weighted by Gasteiger charge is -2.17. The minimum Gasteiger partial charge on any atom is -0.397 e. The second-order valence-corrected chi connectivity index (χ2v) is 4.40. The molecule has 0 saturated heterocycles. The molecule has 0 aromatic carbocycles. The molecule has 1 heterocycles. The Labute approximate surface area is 100 Å². The van der Waals surface area contributed by atoms with Gasteiger partial charge in [0.15, 0.2) is 0 Å². The maximum atomic E-state index is 11.7. The van der Waals surface area contributed by atoms with Gasteiger partial charge in [-0.05, 0) is 24.5 Å². The van der Waals surface area contributed by atoms with E-state index in [9.17, 15) is 4.79 Å². The highest BCUT2D eigenvalue weighted by molar-refractivity contribution is 7.12. The molecule has 0 aliphatic carbocycles. The van der Waals surface area contributed by atoms with E-state index in [0.29, 0.717) is 17.1 Å². The minimum absolute atomic E-state index is 0.0698. The molecule has 0 bridgehead atoms.